The number of carbonyl (C=O) groups excluding carboxylic acids is 1. The average molecular weight is 453 g/mol. The van der Waals surface area contributed by atoms with Crippen LogP contribution >= 0.6 is 36.6 Å². The molecule has 3 aromatic rings. The molecule has 156 valence electrons. The molecule has 0 aliphatic carbocycles. The summed E-state index contributed by atoms with van der Waals surface area (Å²) in [6, 6.07) is 16.5. The van der Waals surface area contributed by atoms with Gasteiger partial charge in [0.1, 0.15) is 0 Å². The van der Waals surface area contributed by atoms with Gasteiger partial charge in [-0.15, -0.1) is 24.8 Å². The number of nitrogens with zero attached hydrogens (tertiary/aromatic N) is 2. The highest BCUT2D eigenvalue weighted by molar-refractivity contribution is 7.98. The van der Waals surface area contributed by atoms with Crippen LogP contribution in [0, 0.1) is 0 Å². The van der Waals surface area contributed by atoms with Crippen LogP contribution in [0.15, 0.2) is 53.7 Å². The van der Waals surface area contributed by atoms with E-state index >= 15 is 0 Å². The Kier molecular flexibility index (Phi) is 8.83. The Bertz CT molecular complexity index is 908. The standard InChI is InChI=1S/C21H24N4OS.2ClH/c1-22-16-10-12-25(13-11-16)20(26)17-7-3-2-6-15(17)14-27-21-23-18-8-4-5-9-19(18)24-21;;/h2-9,16,22H,10-14H2,1H3,(H,23,24);2*1H. The smallest absolute Gasteiger partial charge is 0.254 e. The first-order valence-electron chi connectivity index (χ1n) is 9.36. The lowest BCUT2D eigenvalue weighted by molar-refractivity contribution is 0.0706. The highest BCUT2D eigenvalue weighted by Gasteiger charge is 2.24. The van der Waals surface area contributed by atoms with Crippen LogP contribution in [0.3, 0.4) is 0 Å². The fourth-order valence-electron chi connectivity index (χ4n) is 3.54. The summed E-state index contributed by atoms with van der Waals surface area (Å²) in [5.41, 5.74) is 3.88. The number of H-pyrrole nitrogens is 1. The molecule has 8 heteroatoms. The molecule has 1 amide bonds. The Labute approximate surface area is 187 Å². The van der Waals surface area contributed by atoms with Gasteiger partial charge in [-0.2, -0.15) is 0 Å². The largest absolute Gasteiger partial charge is 0.339 e. The number of amides is 1. The van der Waals surface area contributed by atoms with Crippen LogP contribution in [0.5, 0.6) is 0 Å². The molecular formula is C21H26Cl2N4OS. The Balaban J connectivity index is 0.00000150. The Morgan fingerprint density at radius 3 is 2.55 bits per heavy atom. The second kappa shape index (κ2) is 10.9. The van der Waals surface area contributed by atoms with Crippen molar-refractivity contribution in [3.8, 4) is 0 Å². The SMILES string of the molecule is CNC1CCN(C(=O)c2ccccc2CSc2nc3ccccc3[nH]2)CC1.Cl.Cl. The maximum atomic E-state index is 13.0. The molecule has 5 nitrogen and oxygen atoms in total. The first-order chi connectivity index (χ1) is 13.2. The van der Waals surface area contributed by atoms with E-state index < -0.39 is 0 Å². The fraction of sp³-hybridized carbons (Fsp3) is 0.333. The lowest BCUT2D eigenvalue weighted by Gasteiger charge is -2.32. The molecule has 2 N–H and O–H groups in total. The van der Waals surface area contributed by atoms with E-state index in [1.165, 1.54) is 0 Å². The van der Waals surface area contributed by atoms with Crippen LogP contribution < -0.4 is 5.32 Å². The number of aromatic amines is 1. The van der Waals surface area contributed by atoms with Crippen LogP contribution in [0.1, 0.15) is 28.8 Å². The van der Waals surface area contributed by atoms with Crippen molar-refractivity contribution in [2.24, 2.45) is 0 Å². The highest BCUT2D eigenvalue weighted by atomic mass is 35.5. The second-order valence-corrected chi connectivity index (χ2v) is 7.82. The molecular weight excluding hydrogens is 427 g/mol. The van der Waals surface area contributed by atoms with Gasteiger partial charge in [0.25, 0.3) is 5.91 Å². The summed E-state index contributed by atoms with van der Waals surface area (Å²) >= 11 is 1.63. The minimum atomic E-state index is 0. The van der Waals surface area contributed by atoms with Gasteiger partial charge in [-0.25, -0.2) is 4.98 Å². The molecule has 1 aliphatic rings. The molecule has 1 aromatic heterocycles. The first-order valence-corrected chi connectivity index (χ1v) is 10.3. The average Bonchev–Trinajstić information content (AvgIpc) is 3.15. The lowest BCUT2D eigenvalue weighted by Crippen LogP contribution is -2.44. The number of piperidine rings is 1. The number of nitrogens with one attached hydrogen (secondary N) is 2. The summed E-state index contributed by atoms with van der Waals surface area (Å²) in [5.74, 6) is 0.861. The van der Waals surface area contributed by atoms with Gasteiger partial charge in [0.05, 0.1) is 11.0 Å². The van der Waals surface area contributed by atoms with Crippen LogP contribution in [0.2, 0.25) is 0 Å². The van der Waals surface area contributed by atoms with Crippen molar-refractivity contribution in [3.05, 3.63) is 59.7 Å². The topological polar surface area (TPSA) is 61.0 Å². The van der Waals surface area contributed by atoms with Crippen molar-refractivity contribution in [1.29, 1.82) is 0 Å². The molecule has 2 aromatic carbocycles. The summed E-state index contributed by atoms with van der Waals surface area (Å²) in [4.78, 5) is 23.0. The molecule has 0 spiro atoms. The molecule has 1 fully saturated rings. The fourth-order valence-corrected chi connectivity index (χ4v) is 4.43. The number of fused-ring (bicyclic) bond motifs is 1. The quantitative estimate of drug-likeness (QED) is 0.558. The molecule has 1 aliphatic heterocycles. The zero-order valence-corrected chi connectivity index (χ0v) is 18.7. The summed E-state index contributed by atoms with van der Waals surface area (Å²) in [7, 11) is 1.99. The number of carbonyl (C=O) groups is 1. The van der Waals surface area contributed by atoms with Gasteiger partial charge in [0.2, 0.25) is 0 Å². The molecule has 0 radical (unpaired) electrons. The van der Waals surface area contributed by atoms with E-state index in [2.05, 4.69) is 15.3 Å². The van der Waals surface area contributed by atoms with Gasteiger partial charge in [0.15, 0.2) is 5.16 Å². The number of likely N-dealkylation sites (tertiary alicyclic amines) is 1. The number of benzene rings is 2. The number of rotatable bonds is 5. The molecule has 0 atom stereocenters. The third kappa shape index (κ3) is 5.45. The summed E-state index contributed by atoms with van der Waals surface area (Å²) in [6.45, 7) is 1.63. The van der Waals surface area contributed by atoms with E-state index in [0.717, 1.165) is 53.2 Å². The molecule has 4 rings (SSSR count). The van der Waals surface area contributed by atoms with Crippen LogP contribution in [-0.4, -0.2) is 47.0 Å². The number of aromatic nitrogens is 2. The maximum Gasteiger partial charge on any atom is 0.254 e. The normalized spacial score (nSPS) is 14.3. The number of thioether (sulfide) groups is 1. The molecule has 0 saturated carbocycles. The highest BCUT2D eigenvalue weighted by Crippen LogP contribution is 2.25. The van der Waals surface area contributed by atoms with Gasteiger partial charge < -0.3 is 15.2 Å². The summed E-state index contributed by atoms with van der Waals surface area (Å²) in [5, 5.41) is 4.19. The van der Waals surface area contributed by atoms with E-state index in [9.17, 15) is 4.79 Å². The van der Waals surface area contributed by atoms with Crippen LogP contribution in [0.4, 0.5) is 0 Å². The van der Waals surface area contributed by atoms with Crippen LogP contribution in [-0.2, 0) is 5.75 Å². The van der Waals surface area contributed by atoms with Gasteiger partial charge in [-0.05, 0) is 43.7 Å². The van der Waals surface area contributed by atoms with Crippen molar-refractivity contribution in [2.75, 3.05) is 20.1 Å². The molecule has 0 unspecified atom stereocenters. The monoisotopic (exact) mass is 452 g/mol. The van der Waals surface area contributed by atoms with E-state index in [1.807, 2.05) is 60.5 Å². The van der Waals surface area contributed by atoms with Crippen LogP contribution in [0.25, 0.3) is 11.0 Å². The van der Waals surface area contributed by atoms with Gasteiger partial charge in [0, 0.05) is 30.4 Å². The second-order valence-electron chi connectivity index (χ2n) is 6.86. The zero-order valence-electron chi connectivity index (χ0n) is 16.3. The number of imidazole rings is 1. The number of halogens is 2. The molecule has 1 saturated heterocycles. The van der Waals surface area contributed by atoms with E-state index in [4.69, 9.17) is 0 Å². The van der Waals surface area contributed by atoms with E-state index in [0.29, 0.717) is 11.8 Å². The van der Waals surface area contributed by atoms with Gasteiger partial charge in [-0.1, -0.05) is 42.1 Å². The van der Waals surface area contributed by atoms with E-state index in [1.54, 1.807) is 11.8 Å². The first kappa shape index (κ1) is 23.5. The Morgan fingerprint density at radius 1 is 1.14 bits per heavy atom. The maximum absolute atomic E-state index is 13.0. The minimum Gasteiger partial charge on any atom is -0.339 e. The minimum absolute atomic E-state index is 0. The van der Waals surface area contributed by atoms with Crippen molar-refractivity contribution in [2.45, 2.75) is 29.8 Å². The predicted molar refractivity (Wildman–Crippen MR) is 125 cm³/mol. The molecule has 0 bridgehead atoms. The van der Waals surface area contributed by atoms with Gasteiger partial charge >= 0.3 is 0 Å². The van der Waals surface area contributed by atoms with Crippen molar-refractivity contribution >= 4 is 53.5 Å². The van der Waals surface area contributed by atoms with Crippen molar-refractivity contribution < 1.29 is 4.79 Å². The lowest BCUT2D eigenvalue weighted by atomic mass is 10.0. The van der Waals surface area contributed by atoms with Crippen molar-refractivity contribution in [3.63, 3.8) is 0 Å². The number of para-hydroxylation sites is 2. The number of hydrogen-bond donors (Lipinski definition) is 2. The third-order valence-electron chi connectivity index (χ3n) is 5.17. The van der Waals surface area contributed by atoms with Crippen molar-refractivity contribution in [1.82, 2.24) is 20.2 Å². The third-order valence-corrected chi connectivity index (χ3v) is 6.09. The summed E-state index contributed by atoms with van der Waals surface area (Å²) in [6.07, 6.45) is 2.02. The predicted octanol–water partition coefficient (Wildman–Crippen LogP) is 4.52. The van der Waals surface area contributed by atoms with E-state index in [-0.39, 0.29) is 30.7 Å². The summed E-state index contributed by atoms with van der Waals surface area (Å²) < 4.78 is 0. The Morgan fingerprint density at radius 2 is 1.83 bits per heavy atom. The van der Waals surface area contributed by atoms with Gasteiger partial charge in [-0.3, -0.25) is 4.79 Å². The number of hydrogen-bond acceptors (Lipinski definition) is 4. The molecule has 29 heavy (non-hydrogen) atoms. The molecule has 2 heterocycles. The Hall–Kier alpha value is -1.73. The zero-order chi connectivity index (χ0) is 18.6.